The summed E-state index contributed by atoms with van der Waals surface area (Å²) in [4.78, 5) is 6.79. The lowest BCUT2D eigenvalue weighted by Crippen LogP contribution is -2.46. The van der Waals surface area contributed by atoms with Crippen molar-refractivity contribution in [3.05, 3.63) is 11.6 Å². The molecule has 14 heavy (non-hydrogen) atoms. The Morgan fingerprint density at radius 1 is 1.71 bits per heavy atom. The quantitative estimate of drug-likeness (QED) is 0.825. The van der Waals surface area contributed by atoms with Gasteiger partial charge in [-0.3, -0.25) is 0 Å². The Kier molecular flexibility index (Phi) is 3.37. The van der Waals surface area contributed by atoms with Crippen LogP contribution in [-0.4, -0.2) is 30.7 Å². The van der Waals surface area contributed by atoms with Crippen molar-refractivity contribution in [1.29, 1.82) is 0 Å². The second-order valence-electron chi connectivity index (χ2n) is 3.60. The number of nitrogens with one attached hydrogen (secondary N) is 1. The van der Waals surface area contributed by atoms with Crippen LogP contribution >= 0.6 is 11.3 Å². The molecule has 1 aliphatic rings. The maximum absolute atomic E-state index is 4.38. The van der Waals surface area contributed by atoms with Gasteiger partial charge in [0.05, 0.1) is 0 Å². The van der Waals surface area contributed by atoms with Crippen molar-refractivity contribution in [3.63, 3.8) is 0 Å². The van der Waals surface area contributed by atoms with E-state index in [-0.39, 0.29) is 0 Å². The summed E-state index contributed by atoms with van der Waals surface area (Å²) in [6, 6.07) is 0.639. The Hall–Kier alpha value is -0.610. The third-order valence-corrected chi connectivity index (χ3v) is 3.53. The van der Waals surface area contributed by atoms with Crippen LogP contribution in [0.5, 0.6) is 0 Å². The normalized spacial score (nSPS) is 22.2. The topological polar surface area (TPSA) is 28.2 Å². The number of piperidine rings is 1. The lowest BCUT2D eigenvalue weighted by Gasteiger charge is -2.33. The fraction of sp³-hybridized carbons (Fsp3) is 0.700. The molecular formula is C10H17N3S. The van der Waals surface area contributed by atoms with Crippen molar-refractivity contribution in [2.75, 3.05) is 24.5 Å². The first-order chi connectivity index (χ1) is 6.92. The maximum Gasteiger partial charge on any atom is 0.185 e. The van der Waals surface area contributed by atoms with Crippen molar-refractivity contribution < 1.29 is 0 Å². The molecule has 1 N–H and O–H groups in total. The van der Waals surface area contributed by atoms with Crippen LogP contribution in [0.2, 0.25) is 0 Å². The summed E-state index contributed by atoms with van der Waals surface area (Å²) in [6.45, 7) is 5.54. The van der Waals surface area contributed by atoms with Crippen LogP contribution in [0.25, 0.3) is 0 Å². The van der Waals surface area contributed by atoms with Gasteiger partial charge in [-0.05, 0) is 26.3 Å². The summed E-state index contributed by atoms with van der Waals surface area (Å²) in [7, 11) is 0. The number of thiazole rings is 1. The molecule has 0 radical (unpaired) electrons. The Bertz CT molecular complexity index is 254. The first kappa shape index (κ1) is 9.93. The number of nitrogens with zero attached hydrogens (tertiary/aromatic N) is 2. The van der Waals surface area contributed by atoms with E-state index >= 15 is 0 Å². The molecule has 1 atom stereocenters. The van der Waals surface area contributed by atoms with Crippen molar-refractivity contribution in [3.8, 4) is 0 Å². The van der Waals surface area contributed by atoms with Gasteiger partial charge in [0.25, 0.3) is 0 Å². The molecule has 1 fully saturated rings. The highest BCUT2D eigenvalue weighted by Gasteiger charge is 2.21. The van der Waals surface area contributed by atoms with E-state index in [1.54, 1.807) is 11.3 Å². The molecule has 1 aromatic rings. The molecular weight excluding hydrogens is 194 g/mol. The number of anilines is 1. The molecule has 1 saturated heterocycles. The predicted octanol–water partition coefficient (Wildman–Crippen LogP) is 1.72. The van der Waals surface area contributed by atoms with Gasteiger partial charge >= 0.3 is 0 Å². The summed E-state index contributed by atoms with van der Waals surface area (Å²) in [5, 5.41) is 6.66. The highest BCUT2D eigenvalue weighted by atomic mass is 32.1. The van der Waals surface area contributed by atoms with Gasteiger partial charge in [0.1, 0.15) is 0 Å². The van der Waals surface area contributed by atoms with Gasteiger partial charge in [-0.15, -0.1) is 11.3 Å². The van der Waals surface area contributed by atoms with Crippen LogP contribution in [0, 0.1) is 0 Å². The molecule has 2 rings (SSSR count). The second-order valence-corrected chi connectivity index (χ2v) is 4.47. The summed E-state index contributed by atoms with van der Waals surface area (Å²) in [5.74, 6) is 0. The highest BCUT2D eigenvalue weighted by molar-refractivity contribution is 7.13. The average molecular weight is 211 g/mol. The van der Waals surface area contributed by atoms with Crippen molar-refractivity contribution in [1.82, 2.24) is 10.3 Å². The van der Waals surface area contributed by atoms with Gasteiger partial charge in [-0.1, -0.05) is 0 Å². The van der Waals surface area contributed by atoms with E-state index in [4.69, 9.17) is 0 Å². The molecule has 1 aliphatic heterocycles. The van der Waals surface area contributed by atoms with Gasteiger partial charge in [-0.2, -0.15) is 0 Å². The van der Waals surface area contributed by atoms with E-state index in [2.05, 4.69) is 22.1 Å². The van der Waals surface area contributed by atoms with Gasteiger partial charge < -0.3 is 10.2 Å². The Labute approximate surface area is 89.1 Å². The molecule has 4 heteroatoms. The fourth-order valence-electron chi connectivity index (χ4n) is 2.01. The van der Waals surface area contributed by atoms with Gasteiger partial charge in [0.15, 0.2) is 5.13 Å². The lowest BCUT2D eigenvalue weighted by molar-refractivity contribution is 0.435. The Morgan fingerprint density at radius 2 is 2.64 bits per heavy atom. The molecule has 3 nitrogen and oxygen atoms in total. The van der Waals surface area contributed by atoms with E-state index in [1.807, 2.05) is 11.6 Å². The highest BCUT2D eigenvalue weighted by Crippen LogP contribution is 2.22. The number of hydrogen-bond donors (Lipinski definition) is 1. The van der Waals surface area contributed by atoms with Crippen LogP contribution in [0.4, 0.5) is 5.13 Å². The predicted molar refractivity (Wildman–Crippen MR) is 61.0 cm³/mol. The number of rotatable bonds is 3. The zero-order valence-electron chi connectivity index (χ0n) is 8.57. The van der Waals surface area contributed by atoms with Crippen LogP contribution < -0.4 is 10.2 Å². The molecule has 0 aromatic carbocycles. The molecule has 2 heterocycles. The van der Waals surface area contributed by atoms with Crippen LogP contribution in [0.3, 0.4) is 0 Å². The van der Waals surface area contributed by atoms with E-state index in [0.29, 0.717) is 6.04 Å². The smallest absolute Gasteiger partial charge is 0.185 e. The maximum atomic E-state index is 4.38. The van der Waals surface area contributed by atoms with Crippen LogP contribution in [0.1, 0.15) is 19.8 Å². The molecule has 0 spiro atoms. The summed E-state index contributed by atoms with van der Waals surface area (Å²) < 4.78 is 0. The minimum absolute atomic E-state index is 0.639. The van der Waals surface area contributed by atoms with Crippen LogP contribution in [-0.2, 0) is 0 Å². The van der Waals surface area contributed by atoms with E-state index in [0.717, 1.165) is 13.1 Å². The van der Waals surface area contributed by atoms with Gasteiger partial charge in [-0.25, -0.2) is 4.98 Å². The minimum Gasteiger partial charge on any atom is -0.344 e. The van der Waals surface area contributed by atoms with Crippen LogP contribution in [0.15, 0.2) is 11.6 Å². The zero-order valence-corrected chi connectivity index (χ0v) is 9.39. The van der Waals surface area contributed by atoms with E-state index in [1.165, 1.54) is 24.5 Å². The molecule has 1 aromatic heterocycles. The number of hydrogen-bond acceptors (Lipinski definition) is 4. The molecule has 1 unspecified atom stereocenters. The van der Waals surface area contributed by atoms with Gasteiger partial charge in [0.2, 0.25) is 0 Å². The lowest BCUT2D eigenvalue weighted by atomic mass is 10.1. The Morgan fingerprint density at radius 3 is 3.21 bits per heavy atom. The van der Waals surface area contributed by atoms with Crippen molar-refractivity contribution in [2.45, 2.75) is 25.8 Å². The second kappa shape index (κ2) is 4.75. The minimum atomic E-state index is 0.639. The monoisotopic (exact) mass is 211 g/mol. The molecule has 0 aliphatic carbocycles. The van der Waals surface area contributed by atoms with Gasteiger partial charge in [0, 0.05) is 30.7 Å². The average Bonchev–Trinajstić information content (AvgIpc) is 2.74. The zero-order chi connectivity index (χ0) is 9.80. The third kappa shape index (κ3) is 2.07. The van der Waals surface area contributed by atoms with E-state index in [9.17, 15) is 0 Å². The molecule has 0 amide bonds. The molecule has 0 saturated carbocycles. The fourth-order valence-corrected chi connectivity index (χ4v) is 2.79. The number of aromatic nitrogens is 1. The number of likely N-dealkylation sites (N-methyl/N-ethyl adjacent to an activating group) is 1. The van der Waals surface area contributed by atoms with E-state index < -0.39 is 0 Å². The van der Waals surface area contributed by atoms with Crippen molar-refractivity contribution in [2.24, 2.45) is 0 Å². The first-order valence-corrected chi connectivity index (χ1v) is 6.16. The molecule has 78 valence electrons. The summed E-state index contributed by atoms with van der Waals surface area (Å²) in [6.07, 6.45) is 4.46. The third-order valence-electron chi connectivity index (χ3n) is 2.72. The summed E-state index contributed by atoms with van der Waals surface area (Å²) >= 11 is 1.74. The largest absolute Gasteiger partial charge is 0.344 e. The first-order valence-electron chi connectivity index (χ1n) is 5.28. The SMILES string of the molecule is CCN(c1nccs1)C1CCCNC1. The Balaban J connectivity index is 2.04. The molecule has 0 bridgehead atoms. The van der Waals surface area contributed by atoms with Crippen molar-refractivity contribution >= 4 is 16.5 Å². The summed E-state index contributed by atoms with van der Waals surface area (Å²) in [5.41, 5.74) is 0. The standard InChI is InChI=1S/C10H17N3S/c1-2-13(10-12-6-7-14-10)9-4-3-5-11-8-9/h6-7,9,11H,2-5,8H2,1H3.